The van der Waals surface area contributed by atoms with E-state index in [1.165, 1.54) is 11.8 Å². The van der Waals surface area contributed by atoms with Gasteiger partial charge in [0.25, 0.3) is 0 Å². The van der Waals surface area contributed by atoms with Crippen LogP contribution in [0.15, 0.2) is 24.3 Å². The molecule has 3 N–H and O–H groups in total. The van der Waals surface area contributed by atoms with Crippen molar-refractivity contribution in [2.24, 2.45) is 5.73 Å². The number of thioether (sulfide) groups is 1. The number of benzene rings is 1. The van der Waals surface area contributed by atoms with Gasteiger partial charge in [0.05, 0.1) is 5.92 Å². The minimum absolute atomic E-state index is 0.0242. The Morgan fingerprint density at radius 1 is 1.21 bits per heavy atom. The van der Waals surface area contributed by atoms with Gasteiger partial charge in [0.15, 0.2) is 0 Å². The molecule has 0 amide bonds. The lowest BCUT2D eigenvalue weighted by Crippen LogP contribution is -2.30. The first-order chi connectivity index (χ1) is 11.3. The Morgan fingerprint density at radius 2 is 1.79 bits per heavy atom. The molecule has 2 atom stereocenters. The van der Waals surface area contributed by atoms with Crippen molar-refractivity contribution in [2.75, 3.05) is 11.5 Å². The van der Waals surface area contributed by atoms with Crippen LogP contribution in [-0.4, -0.2) is 34.8 Å². The first-order valence-corrected chi connectivity index (χ1v) is 9.12. The van der Waals surface area contributed by atoms with E-state index >= 15 is 0 Å². The highest BCUT2D eigenvalue weighted by Crippen LogP contribution is 2.38. The molecule has 0 heterocycles. The number of hydrogen-bond donors (Lipinski definition) is 2. The summed E-state index contributed by atoms with van der Waals surface area (Å²) >= 11 is 1.31. The van der Waals surface area contributed by atoms with Gasteiger partial charge in [-0.15, -0.1) is 0 Å². The second-order valence-corrected chi connectivity index (χ2v) is 6.94. The number of carboxylic acid groups (broad SMARTS) is 1. The van der Waals surface area contributed by atoms with Crippen LogP contribution in [0.1, 0.15) is 43.2 Å². The van der Waals surface area contributed by atoms with Crippen LogP contribution >= 0.6 is 11.8 Å². The Labute approximate surface area is 144 Å². The van der Waals surface area contributed by atoms with Crippen molar-refractivity contribution in [3.8, 4) is 0 Å². The van der Waals surface area contributed by atoms with Gasteiger partial charge in [0.2, 0.25) is 0 Å². The standard InChI is InChI=1S/C17H24F3NO2S/c1-2-3-12-4-6-13(7-5-12)14(17(18,19)20)8-10-24-11-9-15(21)16(22)23/h4-7,14-15H,2-3,8-11,21H2,1H3,(H,22,23). The highest BCUT2D eigenvalue weighted by molar-refractivity contribution is 7.99. The number of carboxylic acids is 1. The molecule has 136 valence electrons. The topological polar surface area (TPSA) is 63.3 Å². The smallest absolute Gasteiger partial charge is 0.395 e. The van der Waals surface area contributed by atoms with Gasteiger partial charge in [-0.05, 0) is 41.9 Å². The quantitative estimate of drug-likeness (QED) is 0.611. The summed E-state index contributed by atoms with van der Waals surface area (Å²) in [4.78, 5) is 10.6. The number of aryl methyl sites for hydroxylation is 1. The maximum atomic E-state index is 13.3. The summed E-state index contributed by atoms with van der Waals surface area (Å²) in [7, 11) is 0. The summed E-state index contributed by atoms with van der Waals surface area (Å²) in [6.07, 6.45) is -2.25. The first-order valence-electron chi connectivity index (χ1n) is 7.97. The summed E-state index contributed by atoms with van der Waals surface area (Å²) in [6, 6.07) is 5.69. The first kappa shape index (κ1) is 20.8. The number of carbonyl (C=O) groups is 1. The van der Waals surface area contributed by atoms with Gasteiger partial charge >= 0.3 is 12.1 Å². The molecule has 0 spiro atoms. The fourth-order valence-electron chi connectivity index (χ4n) is 2.36. The third-order valence-electron chi connectivity index (χ3n) is 3.76. The van der Waals surface area contributed by atoms with E-state index in [1.807, 2.05) is 6.92 Å². The third-order valence-corrected chi connectivity index (χ3v) is 4.81. The van der Waals surface area contributed by atoms with Crippen molar-refractivity contribution < 1.29 is 23.1 Å². The van der Waals surface area contributed by atoms with Gasteiger partial charge in [-0.25, -0.2) is 0 Å². The van der Waals surface area contributed by atoms with Crippen molar-refractivity contribution in [3.63, 3.8) is 0 Å². The molecule has 24 heavy (non-hydrogen) atoms. The van der Waals surface area contributed by atoms with E-state index in [4.69, 9.17) is 10.8 Å². The third kappa shape index (κ3) is 7.13. The summed E-state index contributed by atoms with van der Waals surface area (Å²) in [5.74, 6) is -1.83. The molecule has 0 saturated heterocycles. The fourth-order valence-corrected chi connectivity index (χ4v) is 3.39. The van der Waals surface area contributed by atoms with Gasteiger partial charge in [0.1, 0.15) is 6.04 Å². The Hall–Kier alpha value is -1.21. The molecule has 0 radical (unpaired) electrons. The number of alkyl halides is 3. The SMILES string of the molecule is CCCc1ccc(C(CCSCCC(N)C(=O)O)C(F)(F)F)cc1. The lowest BCUT2D eigenvalue weighted by molar-refractivity contribution is -0.150. The maximum absolute atomic E-state index is 13.3. The van der Waals surface area contributed by atoms with Crippen LogP contribution < -0.4 is 5.73 Å². The largest absolute Gasteiger partial charge is 0.480 e. The van der Waals surface area contributed by atoms with Crippen molar-refractivity contribution in [3.05, 3.63) is 35.4 Å². The van der Waals surface area contributed by atoms with E-state index in [9.17, 15) is 18.0 Å². The normalized spacial score (nSPS) is 14.4. The summed E-state index contributed by atoms with van der Waals surface area (Å²) < 4.78 is 39.9. The Bertz CT molecular complexity index is 506. The zero-order valence-electron chi connectivity index (χ0n) is 13.7. The molecule has 2 unspecified atom stereocenters. The van der Waals surface area contributed by atoms with Crippen LogP contribution in [0.5, 0.6) is 0 Å². The monoisotopic (exact) mass is 363 g/mol. The average Bonchev–Trinajstić information content (AvgIpc) is 2.50. The van der Waals surface area contributed by atoms with Gasteiger partial charge < -0.3 is 10.8 Å². The lowest BCUT2D eigenvalue weighted by Gasteiger charge is -2.21. The van der Waals surface area contributed by atoms with E-state index in [0.717, 1.165) is 18.4 Å². The highest BCUT2D eigenvalue weighted by Gasteiger charge is 2.40. The van der Waals surface area contributed by atoms with Gasteiger partial charge in [0, 0.05) is 0 Å². The van der Waals surface area contributed by atoms with Crippen molar-refractivity contribution in [1.82, 2.24) is 0 Å². The Morgan fingerprint density at radius 3 is 2.29 bits per heavy atom. The zero-order valence-corrected chi connectivity index (χ0v) is 14.5. The molecule has 1 aromatic rings. The summed E-state index contributed by atoms with van der Waals surface area (Å²) in [5.41, 5.74) is 6.69. The van der Waals surface area contributed by atoms with E-state index < -0.39 is 24.1 Å². The molecule has 0 aromatic heterocycles. The predicted octanol–water partition coefficient (Wildman–Crippen LogP) is 4.21. The second-order valence-electron chi connectivity index (χ2n) is 5.72. The molecule has 0 aliphatic heterocycles. The van der Waals surface area contributed by atoms with Gasteiger partial charge in [-0.3, -0.25) is 4.79 Å². The van der Waals surface area contributed by atoms with Crippen LogP contribution in [0.25, 0.3) is 0 Å². The number of nitrogens with two attached hydrogens (primary N) is 1. The molecule has 0 saturated carbocycles. The molecule has 0 aliphatic rings. The Kier molecular flexibility index (Phi) is 8.62. The maximum Gasteiger partial charge on any atom is 0.395 e. The molecule has 0 aliphatic carbocycles. The average molecular weight is 363 g/mol. The second kappa shape index (κ2) is 9.93. The summed E-state index contributed by atoms with van der Waals surface area (Å²) in [6.45, 7) is 2.03. The molecule has 0 fully saturated rings. The fraction of sp³-hybridized carbons (Fsp3) is 0.588. The molecular weight excluding hydrogens is 339 g/mol. The highest BCUT2D eigenvalue weighted by atomic mass is 32.2. The van der Waals surface area contributed by atoms with E-state index in [2.05, 4.69) is 0 Å². The van der Waals surface area contributed by atoms with Gasteiger partial charge in [-0.1, -0.05) is 37.6 Å². The molecule has 3 nitrogen and oxygen atoms in total. The number of rotatable bonds is 10. The van der Waals surface area contributed by atoms with E-state index in [-0.39, 0.29) is 18.4 Å². The van der Waals surface area contributed by atoms with E-state index in [0.29, 0.717) is 11.5 Å². The zero-order chi connectivity index (χ0) is 18.2. The van der Waals surface area contributed by atoms with Crippen LogP contribution in [-0.2, 0) is 11.2 Å². The van der Waals surface area contributed by atoms with Crippen molar-refractivity contribution in [1.29, 1.82) is 0 Å². The van der Waals surface area contributed by atoms with E-state index in [1.54, 1.807) is 24.3 Å². The molecule has 1 aromatic carbocycles. The van der Waals surface area contributed by atoms with Gasteiger partial charge in [-0.2, -0.15) is 24.9 Å². The Balaban J connectivity index is 2.56. The number of hydrogen-bond acceptors (Lipinski definition) is 3. The van der Waals surface area contributed by atoms with Crippen LogP contribution in [0.2, 0.25) is 0 Å². The minimum Gasteiger partial charge on any atom is -0.480 e. The summed E-state index contributed by atoms with van der Waals surface area (Å²) in [5, 5.41) is 8.66. The van der Waals surface area contributed by atoms with Crippen molar-refractivity contribution in [2.45, 2.75) is 50.7 Å². The minimum atomic E-state index is -4.29. The van der Waals surface area contributed by atoms with Crippen LogP contribution in [0.3, 0.4) is 0 Å². The number of halogens is 3. The molecule has 1 rings (SSSR count). The number of aliphatic carboxylic acids is 1. The lowest BCUT2D eigenvalue weighted by atomic mass is 9.94. The van der Waals surface area contributed by atoms with Crippen LogP contribution in [0.4, 0.5) is 13.2 Å². The predicted molar refractivity (Wildman–Crippen MR) is 91.4 cm³/mol. The molecule has 0 bridgehead atoms. The van der Waals surface area contributed by atoms with Crippen molar-refractivity contribution >= 4 is 17.7 Å². The van der Waals surface area contributed by atoms with Crippen LogP contribution in [0, 0.1) is 0 Å². The molecular formula is C17H24F3NO2S. The molecule has 7 heteroatoms.